The van der Waals surface area contributed by atoms with Crippen molar-refractivity contribution in [1.29, 1.82) is 0 Å². The highest BCUT2D eigenvalue weighted by Gasteiger charge is 2.33. The fourth-order valence-corrected chi connectivity index (χ4v) is 3.77. The lowest BCUT2D eigenvalue weighted by atomic mass is 9.94. The number of rotatable bonds is 4. The van der Waals surface area contributed by atoms with Crippen molar-refractivity contribution in [3.05, 3.63) is 69.3 Å². The van der Waals surface area contributed by atoms with Gasteiger partial charge in [0.2, 0.25) is 0 Å². The second-order valence-electron chi connectivity index (χ2n) is 6.29. The number of nitrogens with one attached hydrogen (secondary N) is 2. The van der Waals surface area contributed by atoms with Gasteiger partial charge in [0.1, 0.15) is 5.75 Å². The minimum absolute atomic E-state index is 0.261. The molecule has 0 aliphatic carbocycles. The summed E-state index contributed by atoms with van der Waals surface area (Å²) in [5.74, 6) is 0.393. The molecule has 2 aromatic carbocycles. The van der Waals surface area contributed by atoms with Crippen LogP contribution in [-0.4, -0.2) is 30.1 Å². The summed E-state index contributed by atoms with van der Waals surface area (Å²) in [7, 11) is 3.39. The van der Waals surface area contributed by atoms with E-state index in [1.165, 1.54) is 0 Å². The van der Waals surface area contributed by atoms with Gasteiger partial charge in [-0.25, -0.2) is 0 Å². The van der Waals surface area contributed by atoms with Crippen LogP contribution in [-0.2, 0) is 4.79 Å². The van der Waals surface area contributed by atoms with Gasteiger partial charge in [0.25, 0.3) is 5.91 Å². The van der Waals surface area contributed by atoms with Crippen LogP contribution >= 0.6 is 35.4 Å². The van der Waals surface area contributed by atoms with Crippen LogP contribution in [0.5, 0.6) is 5.75 Å². The minimum atomic E-state index is -0.501. The third-order valence-corrected chi connectivity index (χ3v) is 5.55. The van der Waals surface area contributed by atoms with Crippen LogP contribution in [0.2, 0.25) is 10.0 Å². The zero-order chi connectivity index (χ0) is 20.4. The van der Waals surface area contributed by atoms with E-state index in [1.54, 1.807) is 42.3 Å². The van der Waals surface area contributed by atoms with Gasteiger partial charge in [0, 0.05) is 34.5 Å². The monoisotopic (exact) mass is 435 g/mol. The summed E-state index contributed by atoms with van der Waals surface area (Å²) in [6.07, 6.45) is 0. The van der Waals surface area contributed by atoms with Crippen molar-refractivity contribution in [3.8, 4) is 5.75 Å². The molecular formula is C20H19Cl2N3O2S. The van der Waals surface area contributed by atoms with Crippen molar-refractivity contribution >= 4 is 52.1 Å². The molecule has 0 fully saturated rings. The van der Waals surface area contributed by atoms with Gasteiger partial charge < -0.3 is 20.3 Å². The van der Waals surface area contributed by atoms with Gasteiger partial charge in [0.05, 0.1) is 18.7 Å². The molecule has 1 aliphatic heterocycles. The van der Waals surface area contributed by atoms with E-state index in [1.807, 2.05) is 26.1 Å². The average Bonchev–Trinajstić information content (AvgIpc) is 2.66. The van der Waals surface area contributed by atoms with Crippen molar-refractivity contribution in [2.45, 2.75) is 13.0 Å². The highest BCUT2D eigenvalue weighted by molar-refractivity contribution is 7.80. The van der Waals surface area contributed by atoms with Crippen molar-refractivity contribution in [2.24, 2.45) is 0 Å². The van der Waals surface area contributed by atoms with E-state index in [4.69, 9.17) is 40.2 Å². The van der Waals surface area contributed by atoms with Gasteiger partial charge in [0.15, 0.2) is 5.11 Å². The SMILES string of the molecule is COc1cccc(NC(=O)C2=C(C)N(C)C(=S)NC2c2ccc(Cl)cc2Cl)c1. The third kappa shape index (κ3) is 4.09. The van der Waals surface area contributed by atoms with Gasteiger partial charge in [-0.15, -0.1) is 0 Å². The van der Waals surface area contributed by atoms with Crippen LogP contribution in [0.3, 0.4) is 0 Å². The molecular weight excluding hydrogens is 417 g/mol. The largest absolute Gasteiger partial charge is 0.497 e. The predicted octanol–water partition coefficient (Wildman–Crippen LogP) is 4.78. The fraction of sp³-hybridized carbons (Fsp3) is 0.200. The number of anilines is 1. The lowest BCUT2D eigenvalue weighted by molar-refractivity contribution is -0.113. The number of benzene rings is 2. The van der Waals surface area contributed by atoms with Gasteiger partial charge in [-0.2, -0.15) is 0 Å². The zero-order valence-corrected chi connectivity index (χ0v) is 17.9. The molecule has 2 N–H and O–H groups in total. The van der Waals surface area contributed by atoms with Crippen molar-refractivity contribution in [1.82, 2.24) is 10.2 Å². The van der Waals surface area contributed by atoms with Gasteiger partial charge in [-0.05, 0) is 49.0 Å². The predicted molar refractivity (Wildman–Crippen MR) is 117 cm³/mol. The Labute approximate surface area is 179 Å². The van der Waals surface area contributed by atoms with Crippen LogP contribution in [0, 0.1) is 0 Å². The molecule has 1 heterocycles. The lowest BCUT2D eigenvalue weighted by Crippen LogP contribution is -2.46. The van der Waals surface area contributed by atoms with E-state index in [-0.39, 0.29) is 5.91 Å². The van der Waals surface area contributed by atoms with E-state index >= 15 is 0 Å². The Kier molecular flexibility index (Phi) is 6.13. The molecule has 0 aromatic heterocycles. The summed E-state index contributed by atoms with van der Waals surface area (Å²) in [5, 5.41) is 7.61. The number of nitrogens with zero attached hydrogens (tertiary/aromatic N) is 1. The maximum atomic E-state index is 13.2. The van der Waals surface area contributed by atoms with Crippen LogP contribution in [0.1, 0.15) is 18.5 Å². The molecule has 0 saturated carbocycles. The summed E-state index contributed by atoms with van der Waals surface area (Å²) in [6.45, 7) is 1.85. The Balaban J connectivity index is 2.02. The summed E-state index contributed by atoms with van der Waals surface area (Å²) in [6, 6.07) is 11.8. The molecule has 2 aromatic rings. The van der Waals surface area contributed by atoms with E-state index in [9.17, 15) is 4.79 Å². The molecule has 1 atom stereocenters. The minimum Gasteiger partial charge on any atom is -0.497 e. The quantitative estimate of drug-likeness (QED) is 0.676. The number of allylic oxidation sites excluding steroid dienone is 1. The fourth-order valence-electron chi connectivity index (χ4n) is 3.00. The first-order chi connectivity index (χ1) is 13.3. The number of halogens is 2. The Morgan fingerprint density at radius 1 is 1.25 bits per heavy atom. The molecule has 0 radical (unpaired) electrons. The molecule has 1 unspecified atom stereocenters. The van der Waals surface area contributed by atoms with E-state index < -0.39 is 6.04 Å². The second kappa shape index (κ2) is 8.39. The van der Waals surface area contributed by atoms with E-state index in [2.05, 4.69) is 10.6 Å². The average molecular weight is 436 g/mol. The Hall–Kier alpha value is -2.28. The van der Waals surface area contributed by atoms with Gasteiger partial charge in [-0.3, -0.25) is 4.79 Å². The van der Waals surface area contributed by atoms with Crippen LogP contribution in [0.25, 0.3) is 0 Å². The number of carbonyl (C=O) groups excluding carboxylic acids is 1. The molecule has 146 valence electrons. The number of amides is 1. The highest BCUT2D eigenvalue weighted by Crippen LogP contribution is 2.35. The Morgan fingerprint density at radius 2 is 2.00 bits per heavy atom. The number of hydrogen-bond donors (Lipinski definition) is 2. The topological polar surface area (TPSA) is 53.6 Å². The standard InChI is InChI=1S/C20H19Cl2N3O2S/c1-11-17(19(26)23-13-5-4-6-14(10-13)27-3)18(24-20(28)25(11)2)15-8-7-12(21)9-16(15)22/h4-10,18H,1-3H3,(H,23,26)(H,24,28). The molecule has 28 heavy (non-hydrogen) atoms. The number of ether oxygens (including phenoxy) is 1. The molecule has 5 nitrogen and oxygen atoms in total. The first-order valence-electron chi connectivity index (χ1n) is 8.47. The maximum Gasteiger partial charge on any atom is 0.255 e. The van der Waals surface area contributed by atoms with Gasteiger partial charge >= 0.3 is 0 Å². The molecule has 0 bridgehead atoms. The van der Waals surface area contributed by atoms with Crippen LogP contribution in [0.4, 0.5) is 5.69 Å². The number of thiocarbonyl (C=S) groups is 1. The summed E-state index contributed by atoms with van der Waals surface area (Å²) in [5.41, 5.74) is 2.60. The first-order valence-corrected chi connectivity index (χ1v) is 9.63. The van der Waals surface area contributed by atoms with Crippen LogP contribution in [0.15, 0.2) is 53.7 Å². The third-order valence-electron chi connectivity index (χ3n) is 4.60. The van der Waals surface area contributed by atoms with Crippen molar-refractivity contribution in [2.75, 3.05) is 19.5 Å². The number of carbonyl (C=O) groups is 1. The molecule has 0 spiro atoms. The van der Waals surface area contributed by atoms with E-state index in [0.717, 1.165) is 11.3 Å². The molecule has 1 amide bonds. The molecule has 1 aliphatic rings. The number of hydrogen-bond acceptors (Lipinski definition) is 3. The second-order valence-corrected chi connectivity index (χ2v) is 7.52. The smallest absolute Gasteiger partial charge is 0.255 e. The van der Waals surface area contributed by atoms with E-state index in [0.29, 0.717) is 32.2 Å². The summed E-state index contributed by atoms with van der Waals surface area (Å²) < 4.78 is 5.22. The molecule has 8 heteroatoms. The molecule has 3 rings (SSSR count). The summed E-state index contributed by atoms with van der Waals surface area (Å²) in [4.78, 5) is 15.0. The Morgan fingerprint density at radius 3 is 2.68 bits per heavy atom. The highest BCUT2D eigenvalue weighted by atomic mass is 35.5. The van der Waals surface area contributed by atoms with Crippen molar-refractivity contribution in [3.63, 3.8) is 0 Å². The zero-order valence-electron chi connectivity index (χ0n) is 15.5. The van der Waals surface area contributed by atoms with Crippen LogP contribution < -0.4 is 15.4 Å². The van der Waals surface area contributed by atoms with Crippen molar-refractivity contribution < 1.29 is 9.53 Å². The first kappa shape index (κ1) is 20.5. The normalized spacial score (nSPS) is 16.7. The molecule has 0 saturated heterocycles. The maximum absolute atomic E-state index is 13.2. The summed E-state index contributed by atoms with van der Waals surface area (Å²) >= 11 is 17.9. The Bertz CT molecular complexity index is 978. The lowest BCUT2D eigenvalue weighted by Gasteiger charge is -2.36. The van der Waals surface area contributed by atoms with Gasteiger partial charge in [-0.1, -0.05) is 35.3 Å². The number of methoxy groups -OCH3 is 1.